The molecule has 2 fully saturated rings. The molecule has 1 saturated carbocycles. The Morgan fingerprint density at radius 1 is 1.09 bits per heavy atom. The molecular formula is C25H34N6O2. The number of nitrogens with zero attached hydrogens (tertiary/aromatic N) is 4. The van der Waals surface area contributed by atoms with Gasteiger partial charge >= 0.3 is 6.01 Å². The lowest BCUT2D eigenvalue weighted by Gasteiger charge is -2.30. The number of anilines is 3. The second kappa shape index (κ2) is 9.17. The SMILES string of the molecule is C[C@@H]1CC(Oc2nc(N)c3c(n2)N(Cc2cccc(CN4CCCC4)c2)CC(=O)N3)C[C@@H]1C. The van der Waals surface area contributed by atoms with Crippen LogP contribution in [0.3, 0.4) is 0 Å². The highest BCUT2D eigenvalue weighted by molar-refractivity contribution is 6.03. The van der Waals surface area contributed by atoms with Crippen LogP contribution in [0, 0.1) is 11.8 Å². The van der Waals surface area contributed by atoms with E-state index in [1.165, 1.54) is 31.5 Å². The summed E-state index contributed by atoms with van der Waals surface area (Å²) in [5, 5.41) is 2.85. The zero-order chi connectivity index (χ0) is 22.9. The standard InChI is InChI=1S/C25H34N6O2/c1-16-10-20(11-17(16)2)33-25-28-23(26)22-24(29-25)31(15-21(32)27-22)14-19-7-5-6-18(12-19)13-30-8-3-4-9-30/h5-7,12,16-17,20H,3-4,8-11,13-15H2,1-2H3,(H,27,32)(H2,26,28,29)/t16-,17+,20?. The van der Waals surface area contributed by atoms with Crippen LogP contribution >= 0.6 is 0 Å². The van der Waals surface area contributed by atoms with Gasteiger partial charge in [0.05, 0.1) is 6.54 Å². The summed E-state index contributed by atoms with van der Waals surface area (Å²) in [6, 6.07) is 8.89. The molecule has 8 heteroatoms. The molecule has 2 aliphatic heterocycles. The molecule has 33 heavy (non-hydrogen) atoms. The number of fused-ring (bicyclic) bond motifs is 1. The lowest BCUT2D eigenvalue weighted by atomic mass is 10.0. The van der Waals surface area contributed by atoms with Crippen LogP contribution in [0.15, 0.2) is 24.3 Å². The van der Waals surface area contributed by atoms with Crippen LogP contribution < -0.4 is 20.7 Å². The fraction of sp³-hybridized carbons (Fsp3) is 0.560. The van der Waals surface area contributed by atoms with Gasteiger partial charge in [0, 0.05) is 13.1 Å². The van der Waals surface area contributed by atoms with E-state index in [0.717, 1.165) is 24.9 Å². The molecule has 3 aliphatic rings. The monoisotopic (exact) mass is 450 g/mol. The number of rotatable bonds is 6. The molecule has 1 aliphatic carbocycles. The molecule has 3 N–H and O–H groups in total. The van der Waals surface area contributed by atoms with Crippen LogP contribution in [0.1, 0.15) is 50.7 Å². The summed E-state index contributed by atoms with van der Waals surface area (Å²) >= 11 is 0. The summed E-state index contributed by atoms with van der Waals surface area (Å²) in [7, 11) is 0. The molecule has 0 radical (unpaired) electrons. The lowest BCUT2D eigenvalue weighted by molar-refractivity contribution is -0.115. The average molecular weight is 451 g/mol. The highest BCUT2D eigenvalue weighted by Crippen LogP contribution is 2.37. The molecule has 1 amide bonds. The molecule has 1 saturated heterocycles. The highest BCUT2D eigenvalue weighted by Gasteiger charge is 2.32. The summed E-state index contributed by atoms with van der Waals surface area (Å²) in [5.41, 5.74) is 9.14. The van der Waals surface area contributed by atoms with Gasteiger partial charge in [-0.15, -0.1) is 0 Å². The Labute approximate surface area is 195 Å². The number of hydrogen-bond donors (Lipinski definition) is 2. The Hall–Kier alpha value is -2.87. The Bertz CT molecular complexity index is 1010. The van der Waals surface area contributed by atoms with Crippen molar-refractivity contribution in [3.8, 4) is 6.01 Å². The van der Waals surface area contributed by atoms with E-state index in [4.69, 9.17) is 15.5 Å². The molecule has 0 bridgehead atoms. The summed E-state index contributed by atoms with van der Waals surface area (Å²) < 4.78 is 6.13. The second-order valence-electron chi connectivity index (χ2n) is 9.96. The van der Waals surface area contributed by atoms with Gasteiger partial charge in [0.1, 0.15) is 11.8 Å². The minimum atomic E-state index is -0.113. The van der Waals surface area contributed by atoms with E-state index in [9.17, 15) is 4.79 Å². The first-order chi connectivity index (χ1) is 15.9. The van der Waals surface area contributed by atoms with Crippen molar-refractivity contribution in [2.75, 3.05) is 35.6 Å². The van der Waals surface area contributed by atoms with Crippen LogP contribution in [-0.4, -0.2) is 46.5 Å². The van der Waals surface area contributed by atoms with Gasteiger partial charge in [-0.25, -0.2) is 0 Å². The minimum absolute atomic E-state index is 0.0985. The molecule has 176 valence electrons. The van der Waals surface area contributed by atoms with Gasteiger partial charge in [0.25, 0.3) is 0 Å². The molecule has 1 unspecified atom stereocenters. The van der Waals surface area contributed by atoms with Gasteiger partial charge in [-0.1, -0.05) is 38.1 Å². The van der Waals surface area contributed by atoms with E-state index in [1.807, 2.05) is 4.90 Å². The van der Waals surface area contributed by atoms with Gasteiger partial charge in [0.15, 0.2) is 11.6 Å². The smallest absolute Gasteiger partial charge is 0.320 e. The Kier molecular flexibility index (Phi) is 6.10. The summed E-state index contributed by atoms with van der Waals surface area (Å²) in [6.07, 6.45) is 4.64. The number of hydrogen-bond acceptors (Lipinski definition) is 7. The van der Waals surface area contributed by atoms with Crippen LogP contribution in [0.25, 0.3) is 0 Å². The Morgan fingerprint density at radius 2 is 1.79 bits per heavy atom. The maximum absolute atomic E-state index is 12.4. The number of nitrogen functional groups attached to an aromatic ring is 1. The molecular weight excluding hydrogens is 416 g/mol. The van der Waals surface area contributed by atoms with E-state index in [2.05, 4.69) is 53.3 Å². The van der Waals surface area contributed by atoms with Crippen LogP contribution in [0.2, 0.25) is 0 Å². The quantitative estimate of drug-likeness (QED) is 0.696. The van der Waals surface area contributed by atoms with Crippen molar-refractivity contribution in [1.29, 1.82) is 0 Å². The molecule has 3 heterocycles. The van der Waals surface area contributed by atoms with E-state index < -0.39 is 0 Å². The van der Waals surface area contributed by atoms with E-state index >= 15 is 0 Å². The van der Waals surface area contributed by atoms with E-state index in [-0.39, 0.29) is 24.4 Å². The summed E-state index contributed by atoms with van der Waals surface area (Å²) in [5.74, 6) is 2.00. The van der Waals surface area contributed by atoms with Crippen LogP contribution in [0.5, 0.6) is 6.01 Å². The predicted octanol–water partition coefficient (Wildman–Crippen LogP) is 3.43. The van der Waals surface area contributed by atoms with Crippen molar-refractivity contribution >= 4 is 23.2 Å². The number of nitrogens with two attached hydrogens (primary N) is 1. The summed E-state index contributed by atoms with van der Waals surface area (Å²) in [6.45, 7) is 8.61. The number of amides is 1. The Balaban J connectivity index is 1.36. The molecule has 1 aromatic heterocycles. The zero-order valence-corrected chi connectivity index (χ0v) is 19.6. The molecule has 0 spiro atoms. The fourth-order valence-electron chi connectivity index (χ4n) is 5.29. The third-order valence-corrected chi connectivity index (χ3v) is 7.28. The fourth-order valence-corrected chi connectivity index (χ4v) is 5.29. The molecule has 8 nitrogen and oxygen atoms in total. The van der Waals surface area contributed by atoms with Crippen molar-refractivity contribution in [3.05, 3.63) is 35.4 Å². The lowest BCUT2D eigenvalue weighted by Crippen LogP contribution is -2.39. The number of aromatic nitrogens is 2. The number of carbonyl (C=O) groups excluding carboxylic acids is 1. The highest BCUT2D eigenvalue weighted by atomic mass is 16.5. The normalized spacial score (nSPS) is 25.2. The topological polar surface area (TPSA) is 96.6 Å². The third-order valence-electron chi connectivity index (χ3n) is 7.28. The number of carbonyl (C=O) groups is 1. The van der Waals surface area contributed by atoms with Crippen LogP contribution in [0.4, 0.5) is 17.3 Å². The number of benzene rings is 1. The van der Waals surface area contributed by atoms with Crippen molar-refractivity contribution < 1.29 is 9.53 Å². The second-order valence-corrected chi connectivity index (χ2v) is 9.96. The van der Waals surface area contributed by atoms with Gasteiger partial charge in [0.2, 0.25) is 5.91 Å². The van der Waals surface area contributed by atoms with Crippen LogP contribution in [-0.2, 0) is 17.9 Å². The van der Waals surface area contributed by atoms with E-state index in [0.29, 0.717) is 35.9 Å². The van der Waals surface area contributed by atoms with Crippen molar-refractivity contribution in [1.82, 2.24) is 14.9 Å². The Morgan fingerprint density at radius 3 is 2.52 bits per heavy atom. The first-order valence-corrected chi connectivity index (χ1v) is 12.1. The number of ether oxygens (including phenoxy) is 1. The van der Waals surface area contributed by atoms with Gasteiger partial charge in [-0.3, -0.25) is 9.69 Å². The molecule has 2 aromatic rings. The maximum Gasteiger partial charge on any atom is 0.320 e. The van der Waals surface area contributed by atoms with E-state index in [1.54, 1.807) is 0 Å². The molecule has 3 atom stereocenters. The molecule has 5 rings (SSSR count). The van der Waals surface area contributed by atoms with Gasteiger partial charge in [-0.2, -0.15) is 9.97 Å². The minimum Gasteiger partial charge on any atom is -0.460 e. The van der Waals surface area contributed by atoms with Crippen molar-refractivity contribution in [3.63, 3.8) is 0 Å². The molecule has 1 aromatic carbocycles. The zero-order valence-electron chi connectivity index (χ0n) is 19.6. The first kappa shape index (κ1) is 21.9. The third kappa shape index (κ3) is 4.90. The first-order valence-electron chi connectivity index (χ1n) is 12.1. The average Bonchev–Trinajstić information content (AvgIpc) is 3.38. The maximum atomic E-state index is 12.4. The van der Waals surface area contributed by atoms with Gasteiger partial charge in [-0.05, 0) is 61.7 Å². The van der Waals surface area contributed by atoms with Crippen molar-refractivity contribution in [2.45, 2.75) is 58.7 Å². The largest absolute Gasteiger partial charge is 0.460 e. The number of nitrogens with one attached hydrogen (secondary N) is 1. The van der Waals surface area contributed by atoms with Crippen molar-refractivity contribution in [2.24, 2.45) is 11.8 Å². The number of likely N-dealkylation sites (tertiary alicyclic amines) is 1. The van der Waals surface area contributed by atoms with Gasteiger partial charge < -0.3 is 20.7 Å². The predicted molar refractivity (Wildman–Crippen MR) is 129 cm³/mol. The summed E-state index contributed by atoms with van der Waals surface area (Å²) in [4.78, 5) is 25.9.